The average molecular weight is 305 g/mol. The summed E-state index contributed by atoms with van der Waals surface area (Å²) in [6.45, 7) is 0.903. The van der Waals surface area contributed by atoms with Gasteiger partial charge in [-0.05, 0) is 24.1 Å². The third-order valence-electron chi connectivity index (χ3n) is 4.03. The molecule has 2 heterocycles. The number of carbonyl (C=O) groups excluding carboxylic acids is 3. The number of rotatable bonds is 3. The van der Waals surface area contributed by atoms with Gasteiger partial charge in [0.15, 0.2) is 0 Å². The molecule has 0 spiro atoms. The molecule has 3 rings (SSSR count). The van der Waals surface area contributed by atoms with Gasteiger partial charge in [-0.15, -0.1) is 0 Å². The van der Waals surface area contributed by atoms with Crippen molar-refractivity contribution in [2.45, 2.75) is 18.9 Å². The number of urea groups is 1. The van der Waals surface area contributed by atoms with E-state index in [1.807, 2.05) is 0 Å². The second-order valence-electron chi connectivity index (χ2n) is 5.51. The van der Waals surface area contributed by atoms with Gasteiger partial charge < -0.3 is 10.2 Å². The molecular formula is C15H16FN3O3. The van der Waals surface area contributed by atoms with E-state index in [4.69, 9.17) is 0 Å². The minimum Gasteiger partial charge on any atom is -0.340 e. The van der Waals surface area contributed by atoms with Crippen LogP contribution in [0.1, 0.15) is 12.0 Å². The van der Waals surface area contributed by atoms with Crippen LogP contribution in [0, 0.1) is 5.82 Å². The molecule has 1 aromatic carbocycles. The van der Waals surface area contributed by atoms with Gasteiger partial charge in [0.25, 0.3) is 0 Å². The fourth-order valence-corrected chi connectivity index (χ4v) is 2.87. The van der Waals surface area contributed by atoms with E-state index in [9.17, 15) is 18.8 Å². The smallest absolute Gasteiger partial charge is 0.324 e. The minimum atomic E-state index is -0.386. The summed E-state index contributed by atoms with van der Waals surface area (Å²) in [5.41, 5.74) is 0.741. The topological polar surface area (TPSA) is 69.7 Å². The van der Waals surface area contributed by atoms with Crippen LogP contribution in [-0.4, -0.2) is 53.3 Å². The minimum absolute atomic E-state index is 0.0266. The molecule has 0 radical (unpaired) electrons. The summed E-state index contributed by atoms with van der Waals surface area (Å²) in [6, 6.07) is 5.16. The number of amides is 4. The molecule has 6 nitrogen and oxygen atoms in total. The first-order chi connectivity index (χ1) is 10.5. The second-order valence-corrected chi connectivity index (χ2v) is 5.51. The van der Waals surface area contributed by atoms with Crippen molar-refractivity contribution in [1.82, 2.24) is 15.1 Å². The van der Waals surface area contributed by atoms with Gasteiger partial charge in [-0.25, -0.2) is 9.18 Å². The highest BCUT2D eigenvalue weighted by atomic mass is 19.1. The number of halogens is 1. The van der Waals surface area contributed by atoms with E-state index in [0.717, 1.165) is 5.56 Å². The zero-order chi connectivity index (χ0) is 15.7. The molecule has 0 aromatic heterocycles. The molecule has 4 amide bonds. The van der Waals surface area contributed by atoms with Crippen molar-refractivity contribution in [1.29, 1.82) is 0 Å². The Morgan fingerprint density at radius 3 is 2.64 bits per heavy atom. The summed E-state index contributed by atoms with van der Waals surface area (Å²) in [7, 11) is 0. The van der Waals surface area contributed by atoms with Crippen molar-refractivity contribution in [3.8, 4) is 0 Å². The van der Waals surface area contributed by atoms with E-state index in [1.165, 1.54) is 17.0 Å². The highest BCUT2D eigenvalue weighted by Gasteiger charge is 2.39. The van der Waals surface area contributed by atoms with Crippen LogP contribution in [0.15, 0.2) is 24.3 Å². The van der Waals surface area contributed by atoms with Crippen molar-refractivity contribution < 1.29 is 18.8 Å². The normalized spacial score (nSPS) is 21.4. The number of hydrogen-bond donors (Lipinski definition) is 1. The van der Waals surface area contributed by atoms with Crippen molar-refractivity contribution in [3.63, 3.8) is 0 Å². The van der Waals surface area contributed by atoms with Crippen molar-refractivity contribution in [2.24, 2.45) is 0 Å². The maximum Gasteiger partial charge on any atom is 0.324 e. The second kappa shape index (κ2) is 5.75. The standard InChI is InChI=1S/C15H16FN3O3/c16-11-3-1-10(2-4-11)7-13(20)18-6-5-12(9-18)19-14(21)8-17-15(19)22/h1-4,12H,5-9H2,(H,17,22). The quantitative estimate of drug-likeness (QED) is 0.828. The molecule has 0 aliphatic carbocycles. The first-order valence-corrected chi connectivity index (χ1v) is 7.16. The Labute approximate surface area is 126 Å². The Morgan fingerprint density at radius 2 is 2.00 bits per heavy atom. The fourth-order valence-electron chi connectivity index (χ4n) is 2.87. The molecule has 1 unspecified atom stereocenters. The first-order valence-electron chi connectivity index (χ1n) is 7.16. The van der Waals surface area contributed by atoms with Gasteiger partial charge in [0.05, 0.1) is 19.0 Å². The van der Waals surface area contributed by atoms with Crippen LogP contribution < -0.4 is 5.32 Å². The number of nitrogens with one attached hydrogen (secondary N) is 1. The van der Waals surface area contributed by atoms with Gasteiger partial charge in [-0.1, -0.05) is 12.1 Å². The molecule has 116 valence electrons. The average Bonchev–Trinajstić information content (AvgIpc) is 3.08. The monoisotopic (exact) mass is 305 g/mol. The number of hydrogen-bond acceptors (Lipinski definition) is 3. The Morgan fingerprint density at radius 1 is 1.27 bits per heavy atom. The lowest BCUT2D eigenvalue weighted by Gasteiger charge is -2.21. The predicted octanol–water partition coefficient (Wildman–Crippen LogP) is 0.521. The van der Waals surface area contributed by atoms with Gasteiger partial charge in [0.2, 0.25) is 11.8 Å². The van der Waals surface area contributed by atoms with Crippen LogP contribution in [0.5, 0.6) is 0 Å². The molecular weight excluding hydrogens is 289 g/mol. The van der Waals surface area contributed by atoms with E-state index in [-0.39, 0.29) is 42.7 Å². The third kappa shape index (κ3) is 2.79. The summed E-state index contributed by atoms with van der Waals surface area (Å²) in [5, 5.41) is 2.48. The van der Waals surface area contributed by atoms with Crippen LogP contribution in [0.4, 0.5) is 9.18 Å². The Balaban J connectivity index is 1.60. The first kappa shape index (κ1) is 14.5. The Hall–Kier alpha value is -2.44. The van der Waals surface area contributed by atoms with Crippen molar-refractivity contribution in [2.75, 3.05) is 19.6 Å². The number of carbonyl (C=O) groups is 3. The lowest BCUT2D eigenvalue weighted by atomic mass is 10.1. The molecule has 1 atom stereocenters. The summed E-state index contributed by atoms with van der Waals surface area (Å²) >= 11 is 0. The molecule has 2 aliphatic rings. The van der Waals surface area contributed by atoms with Crippen molar-refractivity contribution >= 4 is 17.8 Å². The fraction of sp³-hybridized carbons (Fsp3) is 0.400. The zero-order valence-electron chi connectivity index (χ0n) is 11.9. The van der Waals surface area contributed by atoms with E-state index in [0.29, 0.717) is 19.5 Å². The van der Waals surface area contributed by atoms with Crippen LogP contribution in [0.2, 0.25) is 0 Å². The molecule has 2 fully saturated rings. The Kier molecular flexibility index (Phi) is 3.79. The van der Waals surface area contributed by atoms with Crippen LogP contribution in [0.3, 0.4) is 0 Å². The molecule has 2 aliphatic heterocycles. The summed E-state index contributed by atoms with van der Waals surface area (Å²) in [6.07, 6.45) is 0.779. The SMILES string of the molecule is O=C(Cc1ccc(F)cc1)N1CCC(N2C(=O)CNC2=O)C1. The van der Waals surface area contributed by atoms with Crippen LogP contribution in [-0.2, 0) is 16.0 Å². The lowest BCUT2D eigenvalue weighted by Crippen LogP contribution is -2.43. The number of imide groups is 1. The van der Waals surface area contributed by atoms with E-state index < -0.39 is 0 Å². The van der Waals surface area contributed by atoms with Gasteiger partial charge >= 0.3 is 6.03 Å². The molecule has 2 saturated heterocycles. The van der Waals surface area contributed by atoms with Gasteiger partial charge in [-0.3, -0.25) is 14.5 Å². The van der Waals surface area contributed by atoms with Gasteiger partial charge in [0, 0.05) is 13.1 Å². The highest BCUT2D eigenvalue weighted by Crippen LogP contribution is 2.19. The molecule has 0 saturated carbocycles. The largest absolute Gasteiger partial charge is 0.340 e. The maximum absolute atomic E-state index is 12.9. The van der Waals surface area contributed by atoms with Crippen LogP contribution >= 0.6 is 0 Å². The molecule has 1 aromatic rings. The van der Waals surface area contributed by atoms with Gasteiger partial charge in [0.1, 0.15) is 5.82 Å². The molecule has 22 heavy (non-hydrogen) atoms. The maximum atomic E-state index is 12.9. The highest BCUT2D eigenvalue weighted by molar-refractivity contribution is 6.02. The lowest BCUT2D eigenvalue weighted by molar-refractivity contribution is -0.131. The number of benzene rings is 1. The molecule has 0 bridgehead atoms. The van der Waals surface area contributed by atoms with E-state index in [2.05, 4.69) is 5.32 Å². The Bertz CT molecular complexity index is 601. The predicted molar refractivity (Wildman–Crippen MR) is 75.3 cm³/mol. The van der Waals surface area contributed by atoms with Crippen molar-refractivity contribution in [3.05, 3.63) is 35.6 Å². The molecule has 7 heteroatoms. The van der Waals surface area contributed by atoms with Crippen LogP contribution in [0.25, 0.3) is 0 Å². The summed E-state index contributed by atoms with van der Waals surface area (Å²) < 4.78 is 12.9. The zero-order valence-corrected chi connectivity index (χ0v) is 11.9. The third-order valence-corrected chi connectivity index (χ3v) is 4.03. The van der Waals surface area contributed by atoms with E-state index >= 15 is 0 Å². The van der Waals surface area contributed by atoms with Gasteiger partial charge in [-0.2, -0.15) is 0 Å². The molecule has 1 N–H and O–H groups in total. The van der Waals surface area contributed by atoms with E-state index in [1.54, 1.807) is 17.0 Å². The summed E-state index contributed by atoms with van der Waals surface area (Å²) in [5.74, 6) is -0.667. The number of likely N-dealkylation sites (tertiary alicyclic amines) is 1. The summed E-state index contributed by atoms with van der Waals surface area (Å²) in [4.78, 5) is 38.4. The number of nitrogens with zero attached hydrogens (tertiary/aromatic N) is 2.